The number of benzene rings is 2. The zero-order chi connectivity index (χ0) is 29.0. The third kappa shape index (κ3) is 8.31. The normalized spacial score (nSPS) is 13.7. The van der Waals surface area contributed by atoms with Crippen LogP contribution in [0.15, 0.2) is 36.4 Å². The first-order valence-electron chi connectivity index (χ1n) is 10.2. The van der Waals surface area contributed by atoms with Gasteiger partial charge in [0, 0.05) is 6.07 Å². The van der Waals surface area contributed by atoms with Gasteiger partial charge in [-0.25, -0.2) is 4.39 Å². The Hall–Kier alpha value is -3.39. The topological polar surface area (TPSA) is 101 Å². The largest absolute Gasteiger partial charge is 0.405 e. The Bertz CT molecular complexity index is 1240. The van der Waals surface area contributed by atoms with Crippen molar-refractivity contribution in [2.75, 3.05) is 6.54 Å². The molecule has 0 saturated heterocycles. The van der Waals surface area contributed by atoms with E-state index in [1.807, 2.05) is 5.32 Å². The fourth-order valence-electron chi connectivity index (χ4n) is 3.05. The van der Waals surface area contributed by atoms with Crippen molar-refractivity contribution >= 4 is 46.8 Å². The average Bonchev–Trinajstić information content (AvgIpc) is 2.79. The maximum Gasteiger partial charge on any atom is 0.405 e. The van der Waals surface area contributed by atoms with Gasteiger partial charge in [-0.3, -0.25) is 19.7 Å². The number of rotatable bonds is 8. The highest BCUT2D eigenvalue weighted by atomic mass is 35.5. The van der Waals surface area contributed by atoms with Crippen molar-refractivity contribution in [1.82, 2.24) is 10.6 Å². The summed E-state index contributed by atoms with van der Waals surface area (Å²) >= 11 is 11.2. The lowest BCUT2D eigenvalue weighted by atomic mass is 9.96. The summed E-state index contributed by atoms with van der Waals surface area (Å²) in [4.78, 5) is 34.6. The third-order valence-electron chi connectivity index (χ3n) is 4.87. The molecular formula is C22H16Cl2F7N3O4. The highest BCUT2D eigenvalue weighted by Gasteiger charge is 2.39. The molecule has 2 amide bonds. The minimum Gasteiger partial charge on any atom is -0.345 e. The van der Waals surface area contributed by atoms with Crippen LogP contribution in [0.25, 0.3) is 6.08 Å². The van der Waals surface area contributed by atoms with Crippen LogP contribution in [0.3, 0.4) is 0 Å². The van der Waals surface area contributed by atoms with Gasteiger partial charge in [-0.05, 0) is 36.2 Å². The number of allylic oxidation sites excluding steroid dienone is 1. The Labute approximate surface area is 219 Å². The van der Waals surface area contributed by atoms with E-state index in [0.29, 0.717) is 6.08 Å². The molecule has 0 aliphatic carbocycles. The molecule has 7 nitrogen and oxygen atoms in total. The highest BCUT2D eigenvalue weighted by molar-refractivity contribution is 6.35. The average molecular weight is 590 g/mol. The predicted octanol–water partition coefficient (Wildman–Crippen LogP) is 6.20. The summed E-state index contributed by atoms with van der Waals surface area (Å²) in [5, 5.41) is 13.7. The van der Waals surface area contributed by atoms with Crippen LogP contribution in [0.2, 0.25) is 10.0 Å². The van der Waals surface area contributed by atoms with E-state index in [0.717, 1.165) is 43.3 Å². The van der Waals surface area contributed by atoms with Crippen LogP contribution in [0.1, 0.15) is 34.3 Å². The van der Waals surface area contributed by atoms with Crippen LogP contribution in [0, 0.1) is 15.9 Å². The lowest BCUT2D eigenvalue weighted by Crippen LogP contribution is -2.47. The van der Waals surface area contributed by atoms with Crippen molar-refractivity contribution in [3.05, 3.63) is 79.1 Å². The standard InChI is InChI=1S/C22H16Cl2F7N3O4/c1-10(19(35)32-9-21(26,27)28)33-20(36)13-4-2-11(6-17(13)34(37)38)3-5-14(22(29,30)31)12-7-15(23)18(25)16(24)8-12/h2-8,10,14H,9H2,1H3,(H,32,35)(H,33,36)/b5-3+. The minimum atomic E-state index is -4.89. The molecule has 2 atom stereocenters. The SMILES string of the molecule is CC(NC(=O)c1ccc(/C=C/C(c2cc(Cl)c(F)c(Cl)c2)C(F)(F)F)cc1[N+](=O)[O-])C(=O)NCC(F)(F)F. The number of hydrogen-bond acceptors (Lipinski definition) is 4. The van der Waals surface area contributed by atoms with Crippen LogP contribution in [-0.4, -0.2) is 41.7 Å². The maximum atomic E-state index is 13.7. The quantitative estimate of drug-likeness (QED) is 0.166. The minimum absolute atomic E-state index is 0.141. The number of carbonyl (C=O) groups excluding carboxylic acids is 2. The third-order valence-corrected chi connectivity index (χ3v) is 5.42. The van der Waals surface area contributed by atoms with E-state index < -0.39 is 80.3 Å². The Balaban J connectivity index is 2.32. The molecule has 2 unspecified atom stereocenters. The summed E-state index contributed by atoms with van der Waals surface area (Å²) < 4.78 is 91.4. The Kier molecular flexibility index (Phi) is 9.72. The molecule has 0 bridgehead atoms. The second-order valence-electron chi connectivity index (χ2n) is 7.74. The van der Waals surface area contributed by atoms with Crippen LogP contribution in [0.5, 0.6) is 0 Å². The molecule has 0 heterocycles. The highest BCUT2D eigenvalue weighted by Crippen LogP contribution is 2.39. The molecule has 0 spiro atoms. The number of nitro groups is 1. The van der Waals surface area contributed by atoms with E-state index in [2.05, 4.69) is 0 Å². The number of nitro benzene ring substituents is 1. The van der Waals surface area contributed by atoms with Crippen LogP contribution in [0.4, 0.5) is 36.4 Å². The molecule has 2 rings (SSSR count). The van der Waals surface area contributed by atoms with E-state index in [1.165, 1.54) is 5.32 Å². The molecule has 2 N–H and O–H groups in total. The van der Waals surface area contributed by atoms with Crippen LogP contribution >= 0.6 is 23.2 Å². The summed E-state index contributed by atoms with van der Waals surface area (Å²) in [6.45, 7) is -0.625. The van der Waals surface area contributed by atoms with Gasteiger partial charge >= 0.3 is 12.4 Å². The molecular weight excluding hydrogens is 574 g/mol. The smallest absolute Gasteiger partial charge is 0.345 e. The van der Waals surface area contributed by atoms with Crippen molar-refractivity contribution in [2.24, 2.45) is 0 Å². The number of hydrogen-bond donors (Lipinski definition) is 2. The molecule has 0 fully saturated rings. The maximum absolute atomic E-state index is 13.7. The van der Waals surface area contributed by atoms with Crippen LogP contribution < -0.4 is 10.6 Å². The van der Waals surface area contributed by atoms with Crippen molar-refractivity contribution in [2.45, 2.75) is 31.2 Å². The summed E-state index contributed by atoms with van der Waals surface area (Å²) in [6.07, 6.45) is -8.12. The molecule has 206 valence electrons. The summed E-state index contributed by atoms with van der Waals surface area (Å²) in [6, 6.07) is 2.68. The van der Waals surface area contributed by atoms with E-state index >= 15 is 0 Å². The summed E-state index contributed by atoms with van der Waals surface area (Å²) in [5.74, 6) is -5.85. The molecule has 2 aromatic carbocycles. The van der Waals surface area contributed by atoms with E-state index in [1.54, 1.807) is 0 Å². The molecule has 0 saturated carbocycles. The molecule has 38 heavy (non-hydrogen) atoms. The lowest BCUT2D eigenvalue weighted by molar-refractivity contribution is -0.385. The van der Waals surface area contributed by atoms with E-state index in [4.69, 9.17) is 23.2 Å². The second kappa shape index (κ2) is 12.0. The molecule has 0 aliphatic rings. The Morgan fingerprint density at radius 2 is 1.66 bits per heavy atom. The van der Waals surface area contributed by atoms with E-state index in [-0.39, 0.29) is 5.56 Å². The lowest BCUT2D eigenvalue weighted by Gasteiger charge is -2.18. The summed E-state index contributed by atoms with van der Waals surface area (Å²) in [5.41, 5.74) is -2.11. The number of halogens is 9. The monoisotopic (exact) mass is 589 g/mol. The van der Waals surface area contributed by atoms with Gasteiger partial charge in [-0.1, -0.05) is 41.4 Å². The van der Waals surface area contributed by atoms with Gasteiger partial charge in [0.1, 0.15) is 18.2 Å². The van der Waals surface area contributed by atoms with Crippen LogP contribution in [-0.2, 0) is 4.79 Å². The first-order valence-corrected chi connectivity index (χ1v) is 11.0. The number of nitrogens with zero attached hydrogens (tertiary/aromatic N) is 1. The predicted molar refractivity (Wildman–Crippen MR) is 123 cm³/mol. The number of nitrogens with one attached hydrogen (secondary N) is 2. The molecule has 0 radical (unpaired) electrons. The van der Waals surface area contributed by atoms with Crippen molar-refractivity contribution < 1.29 is 45.2 Å². The van der Waals surface area contributed by atoms with Crippen molar-refractivity contribution in [1.29, 1.82) is 0 Å². The van der Waals surface area contributed by atoms with Crippen molar-refractivity contribution in [3.63, 3.8) is 0 Å². The second-order valence-corrected chi connectivity index (χ2v) is 8.55. The number of amides is 2. The first kappa shape index (κ1) is 30.8. The fourth-order valence-corrected chi connectivity index (χ4v) is 3.55. The first-order chi connectivity index (χ1) is 17.4. The molecule has 16 heteroatoms. The Morgan fingerprint density at radius 1 is 1.08 bits per heavy atom. The zero-order valence-corrected chi connectivity index (χ0v) is 20.4. The van der Waals surface area contributed by atoms with Gasteiger partial charge in [-0.2, -0.15) is 26.3 Å². The van der Waals surface area contributed by atoms with Gasteiger partial charge in [0.05, 0.1) is 20.9 Å². The number of carbonyl (C=O) groups is 2. The Morgan fingerprint density at radius 3 is 2.16 bits per heavy atom. The van der Waals surface area contributed by atoms with E-state index in [9.17, 15) is 50.4 Å². The molecule has 0 aromatic heterocycles. The van der Waals surface area contributed by atoms with Gasteiger partial charge in [0.15, 0.2) is 5.82 Å². The van der Waals surface area contributed by atoms with Gasteiger partial charge < -0.3 is 10.6 Å². The van der Waals surface area contributed by atoms with Crippen molar-refractivity contribution in [3.8, 4) is 0 Å². The molecule has 0 aliphatic heterocycles. The number of alkyl halides is 6. The molecule has 2 aromatic rings. The zero-order valence-electron chi connectivity index (χ0n) is 18.9. The van der Waals surface area contributed by atoms with Gasteiger partial charge in [0.25, 0.3) is 11.6 Å². The van der Waals surface area contributed by atoms with Gasteiger partial charge in [0.2, 0.25) is 5.91 Å². The fraction of sp³-hybridized carbons (Fsp3) is 0.273. The van der Waals surface area contributed by atoms with Gasteiger partial charge in [-0.15, -0.1) is 0 Å². The summed E-state index contributed by atoms with van der Waals surface area (Å²) in [7, 11) is 0.